The lowest BCUT2D eigenvalue weighted by molar-refractivity contribution is -0.242. The van der Waals surface area contributed by atoms with Gasteiger partial charge in [-0.2, -0.15) is 0 Å². The standard InChI is InChI=1S/C22H34O2/c1-15-6-9-20(2)16(14-15)4-5-17-18(20)7-10-21(3)19(17)8-11-22(21)23-12-13-24-22/h4,15,17-19H,5-14H2,1-3H3/t15-,17?,18?,19?,20+,21+/m1/s1. The summed E-state index contributed by atoms with van der Waals surface area (Å²) in [6.07, 6.45) is 13.3. The molecule has 4 aliphatic carbocycles. The van der Waals surface area contributed by atoms with Crippen molar-refractivity contribution in [2.24, 2.45) is 34.5 Å². The molecule has 3 saturated carbocycles. The van der Waals surface area contributed by atoms with Gasteiger partial charge < -0.3 is 9.47 Å². The van der Waals surface area contributed by atoms with Crippen molar-refractivity contribution in [1.29, 1.82) is 0 Å². The predicted molar refractivity (Wildman–Crippen MR) is 95.5 cm³/mol. The van der Waals surface area contributed by atoms with Crippen molar-refractivity contribution in [2.75, 3.05) is 13.2 Å². The largest absolute Gasteiger partial charge is 0.347 e. The Balaban J connectivity index is 1.49. The van der Waals surface area contributed by atoms with Crippen LogP contribution in [0.4, 0.5) is 0 Å². The summed E-state index contributed by atoms with van der Waals surface area (Å²) < 4.78 is 12.5. The number of fused-ring (bicyclic) bond motifs is 6. The number of hydrogen-bond acceptors (Lipinski definition) is 2. The van der Waals surface area contributed by atoms with Gasteiger partial charge in [0.25, 0.3) is 0 Å². The smallest absolute Gasteiger partial charge is 0.174 e. The van der Waals surface area contributed by atoms with Gasteiger partial charge in [-0.15, -0.1) is 0 Å². The van der Waals surface area contributed by atoms with Gasteiger partial charge in [0, 0.05) is 11.8 Å². The van der Waals surface area contributed by atoms with Gasteiger partial charge >= 0.3 is 0 Å². The average Bonchev–Trinajstić information content (AvgIpc) is 3.15. The number of ether oxygens (including phenoxy) is 2. The highest BCUT2D eigenvalue weighted by Gasteiger charge is 2.66. The average molecular weight is 331 g/mol. The van der Waals surface area contributed by atoms with Crippen LogP contribution in [0.5, 0.6) is 0 Å². The third kappa shape index (κ3) is 1.85. The van der Waals surface area contributed by atoms with Crippen LogP contribution in [0.15, 0.2) is 11.6 Å². The molecule has 24 heavy (non-hydrogen) atoms. The Kier molecular flexibility index (Phi) is 3.37. The van der Waals surface area contributed by atoms with Crippen molar-refractivity contribution in [3.63, 3.8) is 0 Å². The molecule has 0 aromatic heterocycles. The molecule has 1 saturated heterocycles. The zero-order chi connectivity index (χ0) is 16.6. The second-order valence-corrected chi connectivity index (χ2v) is 10.1. The van der Waals surface area contributed by atoms with Gasteiger partial charge in [-0.25, -0.2) is 0 Å². The lowest BCUT2D eigenvalue weighted by atomic mass is 9.47. The molecule has 0 radical (unpaired) electrons. The van der Waals surface area contributed by atoms with Gasteiger partial charge in [0.05, 0.1) is 13.2 Å². The summed E-state index contributed by atoms with van der Waals surface area (Å²) in [5.41, 5.74) is 2.55. The third-order valence-electron chi connectivity index (χ3n) is 9.15. The Morgan fingerprint density at radius 1 is 0.958 bits per heavy atom. The van der Waals surface area contributed by atoms with E-state index in [9.17, 15) is 0 Å². The van der Waals surface area contributed by atoms with E-state index in [1.54, 1.807) is 0 Å². The molecule has 5 aliphatic rings. The molecule has 0 aromatic carbocycles. The molecule has 4 fully saturated rings. The first kappa shape index (κ1) is 15.9. The van der Waals surface area contributed by atoms with Crippen molar-refractivity contribution in [1.82, 2.24) is 0 Å². The van der Waals surface area contributed by atoms with Crippen LogP contribution in [-0.4, -0.2) is 19.0 Å². The second-order valence-electron chi connectivity index (χ2n) is 10.1. The van der Waals surface area contributed by atoms with E-state index in [2.05, 4.69) is 26.8 Å². The fourth-order valence-corrected chi connectivity index (χ4v) is 7.73. The highest BCUT2D eigenvalue weighted by Crippen LogP contribution is 2.68. The zero-order valence-electron chi connectivity index (χ0n) is 15.8. The molecule has 0 N–H and O–H groups in total. The minimum Gasteiger partial charge on any atom is -0.347 e. The van der Waals surface area contributed by atoms with Crippen molar-refractivity contribution < 1.29 is 9.47 Å². The summed E-state index contributed by atoms with van der Waals surface area (Å²) in [5, 5.41) is 0. The van der Waals surface area contributed by atoms with Crippen LogP contribution in [0.2, 0.25) is 0 Å². The summed E-state index contributed by atoms with van der Waals surface area (Å²) in [4.78, 5) is 0. The number of rotatable bonds is 0. The summed E-state index contributed by atoms with van der Waals surface area (Å²) in [6.45, 7) is 9.15. The van der Waals surface area contributed by atoms with Crippen LogP contribution >= 0.6 is 0 Å². The first-order valence-electron chi connectivity index (χ1n) is 10.5. The van der Waals surface area contributed by atoms with Gasteiger partial charge in [-0.05, 0) is 74.0 Å². The van der Waals surface area contributed by atoms with E-state index in [-0.39, 0.29) is 11.2 Å². The highest BCUT2D eigenvalue weighted by atomic mass is 16.7. The van der Waals surface area contributed by atoms with E-state index in [1.807, 2.05) is 5.57 Å². The Hall–Kier alpha value is -0.340. The van der Waals surface area contributed by atoms with Crippen LogP contribution in [0.25, 0.3) is 0 Å². The Morgan fingerprint density at radius 2 is 1.71 bits per heavy atom. The molecule has 2 heteroatoms. The van der Waals surface area contributed by atoms with Crippen LogP contribution in [0, 0.1) is 34.5 Å². The molecule has 6 atom stereocenters. The molecule has 1 spiro atoms. The third-order valence-corrected chi connectivity index (χ3v) is 9.15. The van der Waals surface area contributed by atoms with Gasteiger partial charge in [0.2, 0.25) is 0 Å². The molecular weight excluding hydrogens is 296 g/mol. The lowest BCUT2D eigenvalue weighted by Crippen LogP contribution is -2.54. The van der Waals surface area contributed by atoms with Crippen molar-refractivity contribution >= 4 is 0 Å². The first-order valence-corrected chi connectivity index (χ1v) is 10.5. The molecular formula is C22H34O2. The van der Waals surface area contributed by atoms with Crippen molar-refractivity contribution in [3.05, 3.63) is 11.6 Å². The SMILES string of the molecule is C[C@@H]1CC[C@@]2(C)C(=CCC3C2CC[C@@]2(C)C3CCC23OCCO3)C1. The summed E-state index contributed by atoms with van der Waals surface area (Å²) >= 11 is 0. The molecule has 2 nitrogen and oxygen atoms in total. The first-order chi connectivity index (χ1) is 11.5. The molecule has 0 aromatic rings. The Morgan fingerprint density at radius 3 is 2.50 bits per heavy atom. The topological polar surface area (TPSA) is 18.5 Å². The highest BCUT2D eigenvalue weighted by molar-refractivity contribution is 5.25. The molecule has 134 valence electrons. The lowest BCUT2D eigenvalue weighted by Gasteiger charge is -2.58. The summed E-state index contributed by atoms with van der Waals surface area (Å²) in [6, 6.07) is 0. The molecule has 0 amide bonds. The van der Waals surface area contributed by atoms with E-state index in [0.29, 0.717) is 5.41 Å². The van der Waals surface area contributed by atoms with E-state index in [0.717, 1.165) is 43.3 Å². The summed E-state index contributed by atoms with van der Waals surface area (Å²) in [7, 11) is 0. The van der Waals surface area contributed by atoms with E-state index >= 15 is 0 Å². The van der Waals surface area contributed by atoms with E-state index in [1.165, 1.54) is 44.9 Å². The Labute approximate surface area is 147 Å². The Bertz CT molecular complexity index is 560. The zero-order valence-corrected chi connectivity index (χ0v) is 15.8. The normalized spacial score (nSPS) is 52.5. The molecule has 0 bridgehead atoms. The van der Waals surface area contributed by atoms with Crippen molar-refractivity contribution in [3.8, 4) is 0 Å². The molecule has 5 rings (SSSR count). The summed E-state index contributed by atoms with van der Waals surface area (Å²) in [5.74, 6) is 3.21. The minimum absolute atomic E-state index is 0.241. The van der Waals surface area contributed by atoms with E-state index < -0.39 is 0 Å². The number of allylic oxidation sites excluding steroid dienone is 2. The molecule has 1 heterocycles. The fourth-order valence-electron chi connectivity index (χ4n) is 7.73. The monoisotopic (exact) mass is 330 g/mol. The number of hydrogen-bond donors (Lipinski definition) is 0. The quantitative estimate of drug-likeness (QED) is 0.559. The van der Waals surface area contributed by atoms with Gasteiger partial charge in [0.15, 0.2) is 5.79 Å². The second kappa shape index (κ2) is 5.10. The van der Waals surface area contributed by atoms with Crippen molar-refractivity contribution in [2.45, 2.75) is 77.9 Å². The maximum Gasteiger partial charge on any atom is 0.174 e. The van der Waals surface area contributed by atoms with Crippen LogP contribution < -0.4 is 0 Å². The van der Waals surface area contributed by atoms with Crippen LogP contribution in [-0.2, 0) is 9.47 Å². The maximum absolute atomic E-state index is 6.26. The predicted octanol–water partition coefficient (Wildman–Crippen LogP) is 5.33. The molecule has 3 unspecified atom stereocenters. The maximum atomic E-state index is 6.26. The molecule has 1 aliphatic heterocycles. The van der Waals surface area contributed by atoms with Gasteiger partial charge in [-0.3, -0.25) is 0 Å². The fraction of sp³-hybridized carbons (Fsp3) is 0.909. The van der Waals surface area contributed by atoms with E-state index in [4.69, 9.17) is 9.47 Å². The minimum atomic E-state index is -0.241. The van der Waals surface area contributed by atoms with Gasteiger partial charge in [-0.1, -0.05) is 32.4 Å². The van der Waals surface area contributed by atoms with Crippen LogP contribution in [0.3, 0.4) is 0 Å². The van der Waals surface area contributed by atoms with Gasteiger partial charge in [0.1, 0.15) is 0 Å². The van der Waals surface area contributed by atoms with Crippen LogP contribution in [0.1, 0.15) is 72.1 Å².